The van der Waals surface area contributed by atoms with Crippen LogP contribution in [0.15, 0.2) is 54.6 Å². The monoisotopic (exact) mass is 391 g/mol. The molecule has 7 heteroatoms. The normalized spacial score (nSPS) is 14.7. The fourth-order valence-corrected chi connectivity index (χ4v) is 3.68. The number of fused-ring (bicyclic) bond motifs is 1. The van der Waals surface area contributed by atoms with Crippen molar-refractivity contribution in [1.29, 1.82) is 0 Å². The fraction of sp³-hybridized carbons (Fsp3) is 0.318. The maximum Gasteiger partial charge on any atom is 0.315 e. The lowest BCUT2D eigenvalue weighted by molar-refractivity contribution is -0.131. The number of carbonyl (C=O) groups excluding carboxylic acids is 2. The van der Waals surface area contributed by atoms with Gasteiger partial charge in [-0.3, -0.25) is 4.79 Å². The van der Waals surface area contributed by atoms with E-state index in [0.29, 0.717) is 25.6 Å². The van der Waals surface area contributed by atoms with E-state index < -0.39 is 0 Å². The van der Waals surface area contributed by atoms with Crippen molar-refractivity contribution in [3.63, 3.8) is 0 Å². The predicted molar refractivity (Wildman–Crippen MR) is 111 cm³/mol. The van der Waals surface area contributed by atoms with Crippen LogP contribution < -0.4 is 10.6 Å². The number of nitrogens with one attached hydrogen (secondary N) is 3. The van der Waals surface area contributed by atoms with Crippen LogP contribution in [-0.2, 0) is 11.3 Å². The van der Waals surface area contributed by atoms with Gasteiger partial charge in [0.1, 0.15) is 5.82 Å². The van der Waals surface area contributed by atoms with Crippen molar-refractivity contribution in [2.24, 2.45) is 0 Å². The average molecular weight is 391 g/mol. The molecule has 1 saturated heterocycles. The molecular formula is C22H25N5O2. The third kappa shape index (κ3) is 4.74. The van der Waals surface area contributed by atoms with Crippen LogP contribution in [0, 0.1) is 0 Å². The van der Waals surface area contributed by atoms with Crippen molar-refractivity contribution < 1.29 is 9.59 Å². The van der Waals surface area contributed by atoms with E-state index in [1.54, 1.807) is 0 Å². The van der Waals surface area contributed by atoms with Gasteiger partial charge in [0.15, 0.2) is 0 Å². The van der Waals surface area contributed by atoms with Crippen molar-refractivity contribution in [3.8, 4) is 0 Å². The van der Waals surface area contributed by atoms with Gasteiger partial charge in [-0.25, -0.2) is 9.78 Å². The average Bonchev–Trinajstić information content (AvgIpc) is 3.21. The third-order valence-corrected chi connectivity index (χ3v) is 5.34. The molecule has 0 bridgehead atoms. The number of para-hydroxylation sites is 2. The maximum absolute atomic E-state index is 12.4. The molecule has 0 aliphatic carbocycles. The van der Waals surface area contributed by atoms with E-state index in [1.807, 2.05) is 59.5 Å². The maximum atomic E-state index is 12.4. The van der Waals surface area contributed by atoms with Crippen molar-refractivity contribution >= 4 is 23.0 Å². The molecule has 0 atom stereocenters. The van der Waals surface area contributed by atoms with Crippen LogP contribution in [0.4, 0.5) is 4.79 Å². The highest BCUT2D eigenvalue weighted by Gasteiger charge is 2.25. The minimum atomic E-state index is -0.334. The van der Waals surface area contributed by atoms with E-state index >= 15 is 0 Å². The number of imidazole rings is 1. The van der Waals surface area contributed by atoms with E-state index in [9.17, 15) is 9.59 Å². The number of carbonyl (C=O) groups is 2. The van der Waals surface area contributed by atoms with Gasteiger partial charge in [-0.15, -0.1) is 0 Å². The number of likely N-dealkylation sites (tertiary alicyclic amines) is 1. The number of H-pyrrole nitrogens is 1. The molecule has 2 aromatic carbocycles. The standard InChI is InChI=1S/C22H25N5O2/c28-20(15-24-22(29)23-14-16-6-2-1-3-7-16)27-12-10-17(11-13-27)21-25-18-8-4-5-9-19(18)26-21/h1-9,17H,10-15H2,(H,25,26)(H2,23,24,29). The van der Waals surface area contributed by atoms with Gasteiger partial charge >= 0.3 is 6.03 Å². The quantitative estimate of drug-likeness (QED) is 0.625. The van der Waals surface area contributed by atoms with E-state index in [1.165, 1.54) is 0 Å². The first kappa shape index (κ1) is 19.0. The second kappa shape index (κ2) is 8.77. The summed E-state index contributed by atoms with van der Waals surface area (Å²) >= 11 is 0. The second-order valence-electron chi connectivity index (χ2n) is 7.32. The molecule has 1 aromatic heterocycles. The first-order valence-corrected chi connectivity index (χ1v) is 9.97. The number of aromatic nitrogens is 2. The fourth-order valence-electron chi connectivity index (χ4n) is 3.68. The lowest BCUT2D eigenvalue weighted by Gasteiger charge is -2.31. The molecule has 0 spiro atoms. The Labute approximate surface area is 169 Å². The lowest BCUT2D eigenvalue weighted by Crippen LogP contribution is -2.46. The summed E-state index contributed by atoms with van der Waals surface area (Å²) < 4.78 is 0. The molecule has 0 radical (unpaired) electrons. The van der Waals surface area contributed by atoms with E-state index in [0.717, 1.165) is 35.3 Å². The number of aromatic amines is 1. The predicted octanol–water partition coefficient (Wildman–Crippen LogP) is 2.77. The number of nitrogens with zero attached hydrogens (tertiary/aromatic N) is 2. The van der Waals surface area contributed by atoms with Crippen LogP contribution in [0.1, 0.15) is 30.1 Å². The summed E-state index contributed by atoms with van der Waals surface area (Å²) in [5.41, 5.74) is 3.04. The first-order valence-electron chi connectivity index (χ1n) is 9.97. The molecule has 4 rings (SSSR count). The molecule has 1 fully saturated rings. The summed E-state index contributed by atoms with van der Waals surface area (Å²) in [4.78, 5) is 34.2. The van der Waals surface area contributed by atoms with Crippen LogP contribution in [0.3, 0.4) is 0 Å². The Hall–Kier alpha value is -3.35. The molecule has 1 aliphatic heterocycles. The van der Waals surface area contributed by atoms with Gasteiger partial charge in [-0.05, 0) is 30.5 Å². The molecular weight excluding hydrogens is 366 g/mol. The molecule has 3 amide bonds. The van der Waals surface area contributed by atoms with Crippen LogP contribution in [0.25, 0.3) is 11.0 Å². The number of hydrogen-bond acceptors (Lipinski definition) is 3. The van der Waals surface area contributed by atoms with E-state index in [4.69, 9.17) is 0 Å². The molecule has 3 aromatic rings. The lowest BCUT2D eigenvalue weighted by atomic mass is 9.96. The van der Waals surface area contributed by atoms with Crippen molar-refractivity contribution in [3.05, 3.63) is 66.0 Å². The summed E-state index contributed by atoms with van der Waals surface area (Å²) in [6, 6.07) is 17.3. The van der Waals surface area contributed by atoms with E-state index in [2.05, 4.69) is 20.6 Å². The van der Waals surface area contributed by atoms with Gasteiger partial charge in [0.25, 0.3) is 0 Å². The number of hydrogen-bond donors (Lipinski definition) is 3. The van der Waals surface area contributed by atoms with Gasteiger partial charge in [-0.1, -0.05) is 42.5 Å². The Morgan fingerprint density at radius 2 is 1.72 bits per heavy atom. The summed E-state index contributed by atoms with van der Waals surface area (Å²) in [5, 5.41) is 5.42. The Bertz CT molecular complexity index is 944. The Morgan fingerprint density at radius 1 is 1.00 bits per heavy atom. The summed E-state index contributed by atoms with van der Waals surface area (Å²) in [6.07, 6.45) is 1.73. The van der Waals surface area contributed by atoms with Crippen LogP contribution in [0.2, 0.25) is 0 Å². The molecule has 29 heavy (non-hydrogen) atoms. The number of benzene rings is 2. The van der Waals surface area contributed by atoms with Crippen molar-refractivity contribution in [2.45, 2.75) is 25.3 Å². The topological polar surface area (TPSA) is 90.1 Å². The van der Waals surface area contributed by atoms with Crippen LogP contribution >= 0.6 is 0 Å². The number of urea groups is 1. The van der Waals surface area contributed by atoms with Gasteiger partial charge in [0.2, 0.25) is 5.91 Å². The molecule has 2 heterocycles. The zero-order chi connectivity index (χ0) is 20.1. The first-order chi connectivity index (χ1) is 14.2. The molecule has 1 aliphatic rings. The SMILES string of the molecule is O=C(NCC(=O)N1CCC(c2nc3ccccc3[nH]2)CC1)NCc1ccccc1. The second-order valence-corrected chi connectivity index (χ2v) is 7.32. The zero-order valence-electron chi connectivity index (χ0n) is 16.2. The number of piperidine rings is 1. The summed E-state index contributed by atoms with van der Waals surface area (Å²) in [5.74, 6) is 1.27. The molecule has 3 N–H and O–H groups in total. The Balaban J connectivity index is 1.21. The summed E-state index contributed by atoms with van der Waals surface area (Å²) in [7, 11) is 0. The highest BCUT2D eigenvalue weighted by atomic mass is 16.2. The summed E-state index contributed by atoms with van der Waals surface area (Å²) in [6.45, 7) is 1.79. The Kier molecular flexibility index (Phi) is 5.74. The molecule has 150 valence electrons. The van der Waals surface area contributed by atoms with Crippen molar-refractivity contribution in [2.75, 3.05) is 19.6 Å². The van der Waals surface area contributed by atoms with Crippen LogP contribution in [-0.4, -0.2) is 46.4 Å². The van der Waals surface area contributed by atoms with Crippen molar-refractivity contribution in [1.82, 2.24) is 25.5 Å². The number of rotatable bonds is 5. The smallest absolute Gasteiger partial charge is 0.315 e. The minimum Gasteiger partial charge on any atom is -0.342 e. The number of amides is 3. The third-order valence-electron chi connectivity index (χ3n) is 5.34. The minimum absolute atomic E-state index is 0.00985. The zero-order valence-corrected chi connectivity index (χ0v) is 16.2. The van der Waals surface area contributed by atoms with Gasteiger partial charge in [0, 0.05) is 25.6 Å². The highest BCUT2D eigenvalue weighted by Crippen LogP contribution is 2.27. The molecule has 0 unspecified atom stereocenters. The largest absolute Gasteiger partial charge is 0.342 e. The molecule has 7 nitrogen and oxygen atoms in total. The molecule has 0 saturated carbocycles. The van der Waals surface area contributed by atoms with Gasteiger partial charge in [-0.2, -0.15) is 0 Å². The highest BCUT2D eigenvalue weighted by molar-refractivity contribution is 5.84. The van der Waals surface area contributed by atoms with Gasteiger partial charge < -0.3 is 20.5 Å². The van der Waals surface area contributed by atoms with Gasteiger partial charge in [0.05, 0.1) is 17.6 Å². The Morgan fingerprint density at radius 3 is 2.48 bits per heavy atom. The van der Waals surface area contributed by atoms with E-state index in [-0.39, 0.29) is 18.5 Å². The van der Waals surface area contributed by atoms with Crippen LogP contribution in [0.5, 0.6) is 0 Å².